The van der Waals surface area contributed by atoms with Gasteiger partial charge in [0.15, 0.2) is 0 Å². The minimum Gasteiger partial charge on any atom is -0.494 e. The van der Waals surface area contributed by atoms with Gasteiger partial charge in [-0.3, -0.25) is 0 Å². The highest BCUT2D eigenvalue weighted by atomic mass is 32.1. The smallest absolute Gasteiger partial charge is 0.122 e. The number of benzene rings is 1. The van der Waals surface area contributed by atoms with E-state index in [1.165, 1.54) is 5.56 Å². The maximum Gasteiger partial charge on any atom is 0.122 e. The molecule has 0 aromatic heterocycles. The summed E-state index contributed by atoms with van der Waals surface area (Å²) in [5, 5.41) is 0. The van der Waals surface area contributed by atoms with Gasteiger partial charge in [-0.15, -0.1) is 0 Å². The van der Waals surface area contributed by atoms with Crippen LogP contribution in [0, 0.1) is 6.92 Å². The second-order valence-electron chi connectivity index (χ2n) is 2.20. The van der Waals surface area contributed by atoms with Gasteiger partial charge in [-0.25, -0.2) is 0 Å². The summed E-state index contributed by atoms with van der Waals surface area (Å²) >= 11 is 0. The minimum atomic E-state index is 0. The van der Waals surface area contributed by atoms with Gasteiger partial charge in [0.25, 0.3) is 0 Å². The summed E-state index contributed by atoms with van der Waals surface area (Å²) in [4.78, 5) is 0. The van der Waals surface area contributed by atoms with Gasteiger partial charge in [-0.1, -0.05) is 18.2 Å². The van der Waals surface area contributed by atoms with Crippen molar-refractivity contribution >= 4 is 13.5 Å². The summed E-state index contributed by atoms with van der Waals surface area (Å²) in [5.74, 6) is 0.991. The minimum absolute atomic E-state index is 0. The molecule has 0 heterocycles. The van der Waals surface area contributed by atoms with Gasteiger partial charge in [-0.2, -0.15) is 13.5 Å². The van der Waals surface area contributed by atoms with Crippen molar-refractivity contribution in [3.05, 3.63) is 29.8 Å². The molecule has 0 fully saturated rings. The number of hydrogen-bond donors (Lipinski definition) is 0. The van der Waals surface area contributed by atoms with Crippen LogP contribution in [-0.2, 0) is 0 Å². The quantitative estimate of drug-likeness (QED) is 0.662. The SMILES string of the molecule is CCOc1ccccc1C.S. The lowest BCUT2D eigenvalue weighted by Crippen LogP contribution is -1.92. The van der Waals surface area contributed by atoms with Crippen LogP contribution in [0.1, 0.15) is 12.5 Å². The van der Waals surface area contributed by atoms with Crippen LogP contribution >= 0.6 is 13.5 Å². The van der Waals surface area contributed by atoms with E-state index in [2.05, 4.69) is 0 Å². The first-order chi connectivity index (χ1) is 4.84. The molecule has 1 rings (SSSR count). The predicted octanol–water partition coefficient (Wildman–Crippen LogP) is 2.51. The second-order valence-corrected chi connectivity index (χ2v) is 2.20. The number of rotatable bonds is 2. The van der Waals surface area contributed by atoms with E-state index < -0.39 is 0 Å². The third-order valence-corrected chi connectivity index (χ3v) is 1.39. The zero-order valence-electron chi connectivity index (χ0n) is 6.92. The van der Waals surface area contributed by atoms with Crippen LogP contribution in [-0.4, -0.2) is 6.61 Å². The zero-order chi connectivity index (χ0) is 7.40. The summed E-state index contributed by atoms with van der Waals surface area (Å²) in [6.45, 7) is 4.78. The summed E-state index contributed by atoms with van der Waals surface area (Å²) in [6.07, 6.45) is 0. The Morgan fingerprint density at radius 3 is 2.45 bits per heavy atom. The second kappa shape index (κ2) is 5.08. The average Bonchev–Trinajstić information content (AvgIpc) is 1.94. The van der Waals surface area contributed by atoms with Crippen molar-refractivity contribution in [1.82, 2.24) is 0 Å². The fraction of sp³-hybridized carbons (Fsp3) is 0.333. The first-order valence-electron chi connectivity index (χ1n) is 3.53. The molecule has 1 aromatic carbocycles. The highest BCUT2D eigenvalue weighted by Gasteiger charge is 1.93. The number of aryl methyl sites for hydroxylation is 1. The van der Waals surface area contributed by atoms with Crippen molar-refractivity contribution in [3.8, 4) is 5.75 Å². The van der Waals surface area contributed by atoms with Crippen LogP contribution in [0.3, 0.4) is 0 Å². The Morgan fingerprint density at radius 1 is 1.27 bits per heavy atom. The monoisotopic (exact) mass is 170 g/mol. The number of hydrogen-bond acceptors (Lipinski definition) is 1. The van der Waals surface area contributed by atoms with E-state index in [1.807, 2.05) is 38.1 Å². The van der Waals surface area contributed by atoms with Gasteiger partial charge in [0.1, 0.15) is 5.75 Å². The van der Waals surface area contributed by atoms with Gasteiger partial charge in [0, 0.05) is 0 Å². The maximum absolute atomic E-state index is 5.34. The van der Waals surface area contributed by atoms with Crippen LogP contribution in [0.2, 0.25) is 0 Å². The molecule has 0 bridgehead atoms. The molecule has 1 aromatic rings. The topological polar surface area (TPSA) is 9.23 Å². The lowest BCUT2D eigenvalue weighted by atomic mass is 10.2. The lowest BCUT2D eigenvalue weighted by Gasteiger charge is -2.04. The molecule has 0 spiro atoms. The summed E-state index contributed by atoms with van der Waals surface area (Å²) in [5.41, 5.74) is 1.20. The first kappa shape index (κ1) is 10.4. The molecule has 11 heavy (non-hydrogen) atoms. The Labute approximate surface area is 74.8 Å². The van der Waals surface area contributed by atoms with Gasteiger partial charge in [-0.05, 0) is 25.5 Å². The van der Waals surface area contributed by atoms with Gasteiger partial charge in [0.2, 0.25) is 0 Å². The average molecular weight is 170 g/mol. The summed E-state index contributed by atoms with van der Waals surface area (Å²) < 4.78 is 5.34. The molecule has 0 aliphatic rings. The zero-order valence-corrected chi connectivity index (χ0v) is 7.92. The van der Waals surface area contributed by atoms with Gasteiger partial charge >= 0.3 is 0 Å². The molecule has 0 saturated heterocycles. The van der Waals surface area contributed by atoms with E-state index in [9.17, 15) is 0 Å². The molecule has 0 atom stereocenters. The Balaban J connectivity index is 0.000001000. The van der Waals surface area contributed by atoms with Crippen molar-refractivity contribution < 1.29 is 4.74 Å². The molecular formula is C9H14OS. The van der Waals surface area contributed by atoms with Crippen molar-refractivity contribution in [2.45, 2.75) is 13.8 Å². The highest BCUT2D eigenvalue weighted by Crippen LogP contribution is 2.15. The molecule has 0 amide bonds. The van der Waals surface area contributed by atoms with Crippen LogP contribution in [0.25, 0.3) is 0 Å². The molecule has 0 unspecified atom stereocenters. The van der Waals surface area contributed by atoms with E-state index in [-0.39, 0.29) is 13.5 Å². The molecule has 0 saturated carbocycles. The van der Waals surface area contributed by atoms with Crippen molar-refractivity contribution in [2.75, 3.05) is 6.61 Å². The molecule has 0 radical (unpaired) electrons. The van der Waals surface area contributed by atoms with E-state index in [1.54, 1.807) is 0 Å². The van der Waals surface area contributed by atoms with Gasteiger partial charge < -0.3 is 4.74 Å². The van der Waals surface area contributed by atoms with Gasteiger partial charge in [0.05, 0.1) is 6.61 Å². The molecule has 2 heteroatoms. The van der Waals surface area contributed by atoms with E-state index in [0.717, 1.165) is 12.4 Å². The molecular weight excluding hydrogens is 156 g/mol. The molecule has 0 N–H and O–H groups in total. The molecule has 0 aliphatic heterocycles. The van der Waals surface area contributed by atoms with Crippen molar-refractivity contribution in [1.29, 1.82) is 0 Å². The summed E-state index contributed by atoms with van der Waals surface area (Å²) in [6, 6.07) is 8.03. The van der Waals surface area contributed by atoms with E-state index in [4.69, 9.17) is 4.74 Å². The highest BCUT2D eigenvalue weighted by molar-refractivity contribution is 7.59. The standard InChI is InChI=1S/C9H12O.H2S/c1-3-10-9-7-5-4-6-8(9)2;/h4-7H,3H2,1-2H3;1H2. The van der Waals surface area contributed by atoms with Crippen LogP contribution in [0.4, 0.5) is 0 Å². The first-order valence-corrected chi connectivity index (χ1v) is 3.53. The Morgan fingerprint density at radius 2 is 1.91 bits per heavy atom. The molecule has 1 nitrogen and oxygen atoms in total. The van der Waals surface area contributed by atoms with E-state index >= 15 is 0 Å². The van der Waals surface area contributed by atoms with Crippen LogP contribution in [0.5, 0.6) is 5.75 Å². The predicted molar refractivity (Wildman–Crippen MR) is 52.7 cm³/mol. The third-order valence-electron chi connectivity index (χ3n) is 1.39. The lowest BCUT2D eigenvalue weighted by molar-refractivity contribution is 0.338. The number of ether oxygens (including phenoxy) is 1. The Hall–Kier alpha value is -0.630. The largest absolute Gasteiger partial charge is 0.494 e. The normalized spacial score (nSPS) is 8.55. The van der Waals surface area contributed by atoms with Crippen LogP contribution < -0.4 is 4.74 Å². The summed E-state index contributed by atoms with van der Waals surface area (Å²) in [7, 11) is 0. The van der Waals surface area contributed by atoms with E-state index in [0.29, 0.717) is 0 Å². The van der Waals surface area contributed by atoms with Crippen molar-refractivity contribution in [2.24, 2.45) is 0 Å². The molecule has 0 aliphatic carbocycles. The fourth-order valence-electron chi connectivity index (χ4n) is 0.874. The van der Waals surface area contributed by atoms with Crippen molar-refractivity contribution in [3.63, 3.8) is 0 Å². The molecule has 62 valence electrons. The van der Waals surface area contributed by atoms with Crippen LogP contribution in [0.15, 0.2) is 24.3 Å². The Kier molecular flexibility index (Phi) is 4.79. The maximum atomic E-state index is 5.34. The fourth-order valence-corrected chi connectivity index (χ4v) is 0.874. The number of para-hydroxylation sites is 1. The Bertz CT molecular complexity index is 210. The third kappa shape index (κ3) is 2.85.